The summed E-state index contributed by atoms with van der Waals surface area (Å²) in [5.41, 5.74) is 2.29. The maximum Gasteiger partial charge on any atom is 0.220 e. The highest BCUT2D eigenvalue weighted by Crippen LogP contribution is 2.19. The second kappa shape index (κ2) is 10.1. The van der Waals surface area contributed by atoms with Gasteiger partial charge in [0, 0.05) is 31.4 Å². The minimum Gasteiger partial charge on any atom is -0.497 e. The monoisotopic (exact) mass is 367 g/mol. The maximum absolute atomic E-state index is 12.1. The van der Waals surface area contributed by atoms with Gasteiger partial charge in [0.1, 0.15) is 5.75 Å². The predicted molar refractivity (Wildman–Crippen MR) is 107 cm³/mol. The number of hydrogen-bond donors (Lipinski definition) is 1. The summed E-state index contributed by atoms with van der Waals surface area (Å²) in [5, 5.41) is 3.10. The molecular formula is C22H29N3O2. The van der Waals surface area contributed by atoms with Crippen molar-refractivity contribution < 1.29 is 9.53 Å². The molecule has 3 rings (SSSR count). The molecule has 0 unspecified atom stereocenters. The van der Waals surface area contributed by atoms with Crippen molar-refractivity contribution in [1.29, 1.82) is 0 Å². The molecule has 1 aromatic heterocycles. The predicted octanol–water partition coefficient (Wildman–Crippen LogP) is 3.05. The second-order valence-electron chi connectivity index (χ2n) is 7.19. The van der Waals surface area contributed by atoms with Gasteiger partial charge >= 0.3 is 0 Å². The fraction of sp³-hybridized carbons (Fsp3) is 0.455. The summed E-state index contributed by atoms with van der Waals surface area (Å²) in [5.74, 6) is 1.61. The Morgan fingerprint density at radius 2 is 1.96 bits per heavy atom. The molecule has 2 aromatic rings. The molecule has 0 atom stereocenters. The number of aromatic nitrogens is 1. The van der Waals surface area contributed by atoms with E-state index in [2.05, 4.69) is 27.3 Å². The number of likely N-dealkylation sites (tertiary alicyclic amines) is 1. The van der Waals surface area contributed by atoms with Crippen LogP contribution in [0.2, 0.25) is 0 Å². The number of pyridine rings is 1. The van der Waals surface area contributed by atoms with Gasteiger partial charge in [-0.25, -0.2) is 0 Å². The van der Waals surface area contributed by atoms with Crippen LogP contribution < -0.4 is 10.1 Å². The topological polar surface area (TPSA) is 54.5 Å². The molecule has 5 nitrogen and oxygen atoms in total. The largest absolute Gasteiger partial charge is 0.497 e. The van der Waals surface area contributed by atoms with Gasteiger partial charge < -0.3 is 10.1 Å². The fourth-order valence-electron chi connectivity index (χ4n) is 3.47. The molecule has 1 aliphatic rings. The molecule has 1 saturated heterocycles. The van der Waals surface area contributed by atoms with Crippen LogP contribution in [-0.2, 0) is 17.8 Å². The van der Waals surface area contributed by atoms with Crippen LogP contribution in [0.5, 0.6) is 5.75 Å². The first kappa shape index (κ1) is 19.4. The van der Waals surface area contributed by atoms with Crippen molar-refractivity contribution in [3.63, 3.8) is 0 Å². The molecule has 1 fully saturated rings. The van der Waals surface area contributed by atoms with Crippen molar-refractivity contribution in [3.8, 4) is 5.75 Å². The second-order valence-corrected chi connectivity index (χ2v) is 7.19. The van der Waals surface area contributed by atoms with Crippen LogP contribution >= 0.6 is 0 Å². The van der Waals surface area contributed by atoms with E-state index < -0.39 is 0 Å². The van der Waals surface area contributed by atoms with Gasteiger partial charge in [-0.3, -0.25) is 14.7 Å². The number of nitrogens with one attached hydrogen (secondary N) is 1. The summed E-state index contributed by atoms with van der Waals surface area (Å²) in [4.78, 5) is 18.8. The minimum absolute atomic E-state index is 0.126. The molecule has 1 amide bonds. The zero-order valence-electron chi connectivity index (χ0n) is 16.1. The van der Waals surface area contributed by atoms with E-state index in [0.29, 0.717) is 18.8 Å². The van der Waals surface area contributed by atoms with Gasteiger partial charge in [0.15, 0.2) is 0 Å². The van der Waals surface area contributed by atoms with Crippen molar-refractivity contribution in [3.05, 3.63) is 59.9 Å². The number of carbonyl (C=O) groups is 1. The molecule has 0 spiro atoms. The zero-order valence-corrected chi connectivity index (χ0v) is 16.1. The van der Waals surface area contributed by atoms with E-state index in [-0.39, 0.29) is 5.91 Å². The van der Waals surface area contributed by atoms with Gasteiger partial charge in [0.05, 0.1) is 7.11 Å². The van der Waals surface area contributed by atoms with Gasteiger partial charge in [-0.1, -0.05) is 18.2 Å². The van der Waals surface area contributed by atoms with Gasteiger partial charge in [-0.2, -0.15) is 0 Å². The zero-order chi connectivity index (χ0) is 18.9. The first-order valence-electron chi connectivity index (χ1n) is 9.75. The molecule has 1 aliphatic heterocycles. The molecule has 27 heavy (non-hydrogen) atoms. The van der Waals surface area contributed by atoms with E-state index in [0.717, 1.165) is 50.5 Å². The summed E-state index contributed by atoms with van der Waals surface area (Å²) in [7, 11) is 1.69. The van der Waals surface area contributed by atoms with Gasteiger partial charge in [-0.05, 0) is 68.1 Å². The quantitative estimate of drug-likeness (QED) is 0.779. The third kappa shape index (κ3) is 6.36. The van der Waals surface area contributed by atoms with E-state index >= 15 is 0 Å². The minimum atomic E-state index is 0.126. The lowest BCUT2D eigenvalue weighted by Crippen LogP contribution is -2.38. The highest BCUT2D eigenvalue weighted by atomic mass is 16.5. The van der Waals surface area contributed by atoms with E-state index in [1.54, 1.807) is 13.3 Å². The van der Waals surface area contributed by atoms with Crippen molar-refractivity contribution in [2.45, 2.75) is 32.2 Å². The van der Waals surface area contributed by atoms with Crippen molar-refractivity contribution >= 4 is 5.91 Å². The maximum atomic E-state index is 12.1. The Hall–Kier alpha value is -2.40. The highest BCUT2D eigenvalue weighted by Gasteiger charge is 2.19. The Morgan fingerprint density at radius 3 is 2.63 bits per heavy atom. The average Bonchev–Trinajstić information content (AvgIpc) is 2.73. The molecule has 0 bridgehead atoms. The van der Waals surface area contributed by atoms with Gasteiger partial charge in [0.2, 0.25) is 5.91 Å². The molecule has 2 heterocycles. The number of carbonyl (C=O) groups excluding carboxylic acids is 1. The molecular weight excluding hydrogens is 338 g/mol. The average molecular weight is 367 g/mol. The molecule has 1 aromatic carbocycles. The summed E-state index contributed by atoms with van der Waals surface area (Å²) in [6, 6.07) is 14.1. The number of ether oxygens (including phenoxy) is 1. The van der Waals surface area contributed by atoms with E-state index in [1.165, 1.54) is 5.56 Å². The molecule has 144 valence electrons. The lowest BCUT2D eigenvalue weighted by molar-refractivity contribution is -0.121. The van der Waals surface area contributed by atoms with E-state index in [9.17, 15) is 4.79 Å². The van der Waals surface area contributed by atoms with Crippen LogP contribution in [0.1, 0.15) is 30.5 Å². The van der Waals surface area contributed by atoms with Crippen LogP contribution in [0.25, 0.3) is 0 Å². The van der Waals surface area contributed by atoms with Crippen molar-refractivity contribution in [1.82, 2.24) is 15.2 Å². The summed E-state index contributed by atoms with van der Waals surface area (Å²) >= 11 is 0. The van der Waals surface area contributed by atoms with Crippen LogP contribution in [-0.4, -0.2) is 42.5 Å². The first-order chi connectivity index (χ1) is 13.2. The Kier molecular flexibility index (Phi) is 7.22. The van der Waals surface area contributed by atoms with Crippen LogP contribution in [0.4, 0.5) is 0 Å². The normalized spacial score (nSPS) is 15.4. The number of hydrogen-bond acceptors (Lipinski definition) is 4. The number of piperidine rings is 1. The van der Waals surface area contributed by atoms with E-state index in [1.807, 2.05) is 30.3 Å². The fourth-order valence-corrected chi connectivity index (χ4v) is 3.47. The lowest BCUT2D eigenvalue weighted by Gasteiger charge is -2.32. The molecule has 5 heteroatoms. The number of nitrogens with zero attached hydrogens (tertiary/aromatic N) is 2. The van der Waals surface area contributed by atoms with Crippen LogP contribution in [0.3, 0.4) is 0 Å². The molecule has 0 aliphatic carbocycles. The SMILES string of the molecule is COc1ccc(CN2CCC(CNC(=O)CCc3ccccn3)CC2)cc1. The van der Waals surface area contributed by atoms with Crippen LogP contribution in [0, 0.1) is 5.92 Å². The number of methoxy groups -OCH3 is 1. The Bertz CT molecular complexity index is 695. The third-order valence-electron chi connectivity index (χ3n) is 5.19. The number of benzene rings is 1. The van der Waals surface area contributed by atoms with Crippen LogP contribution in [0.15, 0.2) is 48.7 Å². The van der Waals surface area contributed by atoms with E-state index in [4.69, 9.17) is 4.74 Å². The summed E-state index contributed by atoms with van der Waals surface area (Å²) in [6.07, 6.45) is 5.25. The summed E-state index contributed by atoms with van der Waals surface area (Å²) < 4.78 is 5.21. The Balaban J connectivity index is 1.32. The molecule has 1 N–H and O–H groups in total. The van der Waals surface area contributed by atoms with Gasteiger partial charge in [0.25, 0.3) is 0 Å². The molecule has 0 saturated carbocycles. The number of amides is 1. The molecule has 0 radical (unpaired) electrons. The standard InChI is InChI=1S/C22H29N3O2/c1-27-21-8-5-19(6-9-21)17-25-14-11-18(12-15-25)16-24-22(26)10-7-20-4-2-3-13-23-20/h2-6,8-9,13,18H,7,10-12,14-17H2,1H3,(H,24,26). The number of aryl methyl sites for hydroxylation is 1. The smallest absolute Gasteiger partial charge is 0.220 e. The lowest BCUT2D eigenvalue weighted by atomic mass is 9.96. The third-order valence-corrected chi connectivity index (χ3v) is 5.19. The highest BCUT2D eigenvalue weighted by molar-refractivity contribution is 5.76. The van der Waals surface area contributed by atoms with Crippen molar-refractivity contribution in [2.75, 3.05) is 26.7 Å². The Morgan fingerprint density at radius 1 is 1.19 bits per heavy atom. The van der Waals surface area contributed by atoms with Gasteiger partial charge in [-0.15, -0.1) is 0 Å². The first-order valence-corrected chi connectivity index (χ1v) is 9.75. The Labute approximate surface area is 161 Å². The number of rotatable bonds is 8. The summed E-state index contributed by atoms with van der Waals surface area (Å²) in [6.45, 7) is 3.94. The van der Waals surface area contributed by atoms with Crippen molar-refractivity contribution in [2.24, 2.45) is 5.92 Å².